The predicted molar refractivity (Wildman–Crippen MR) is 92.0 cm³/mol. The quantitative estimate of drug-likeness (QED) is 0.441. The molecular formula is C18H34OSi. The van der Waals surface area contributed by atoms with E-state index >= 15 is 0 Å². The van der Waals surface area contributed by atoms with E-state index in [1.165, 1.54) is 37.7 Å². The first-order valence-corrected chi connectivity index (χ1v) is 11.1. The molecule has 0 spiro atoms. The summed E-state index contributed by atoms with van der Waals surface area (Å²) in [6, 6.07) is 0. The van der Waals surface area contributed by atoms with Crippen LogP contribution in [0, 0.1) is 17.3 Å². The molecule has 0 aromatic carbocycles. The fourth-order valence-corrected chi connectivity index (χ4v) is 3.64. The zero-order valence-corrected chi connectivity index (χ0v) is 15.5. The van der Waals surface area contributed by atoms with Gasteiger partial charge in [-0.25, -0.2) is 0 Å². The third kappa shape index (κ3) is 5.86. The van der Waals surface area contributed by atoms with E-state index in [4.69, 9.17) is 4.43 Å². The Morgan fingerprint density at radius 2 is 1.75 bits per heavy atom. The minimum absolute atomic E-state index is 0.485. The van der Waals surface area contributed by atoms with Gasteiger partial charge in [0.25, 0.3) is 8.32 Å². The molecule has 116 valence electrons. The van der Waals surface area contributed by atoms with Gasteiger partial charge in [0.1, 0.15) is 0 Å². The highest BCUT2D eigenvalue weighted by atomic mass is 28.4. The third-order valence-corrected chi connectivity index (χ3v) is 6.45. The van der Waals surface area contributed by atoms with Crippen LogP contribution >= 0.6 is 0 Å². The fraction of sp³-hybridized carbons (Fsp3) is 0.778. The molecule has 1 aliphatic rings. The van der Waals surface area contributed by atoms with E-state index in [9.17, 15) is 0 Å². The van der Waals surface area contributed by atoms with Gasteiger partial charge in [-0.15, -0.1) is 6.58 Å². The molecule has 0 aliphatic heterocycles. The lowest BCUT2D eigenvalue weighted by Crippen LogP contribution is -2.26. The molecular weight excluding hydrogens is 260 g/mol. The molecule has 0 radical (unpaired) electrons. The summed E-state index contributed by atoms with van der Waals surface area (Å²) < 4.78 is 5.92. The lowest BCUT2D eigenvalue weighted by molar-refractivity contribution is 0.149. The zero-order valence-electron chi connectivity index (χ0n) is 14.5. The average molecular weight is 295 g/mol. The zero-order chi connectivity index (χ0) is 15.4. The summed E-state index contributed by atoms with van der Waals surface area (Å²) in [7, 11) is -1.65. The van der Waals surface area contributed by atoms with Crippen molar-refractivity contribution < 1.29 is 4.43 Å². The molecule has 0 unspecified atom stereocenters. The predicted octanol–water partition coefficient (Wildman–Crippen LogP) is 6.08. The summed E-state index contributed by atoms with van der Waals surface area (Å²) >= 11 is 0. The molecule has 1 fully saturated rings. The van der Waals surface area contributed by atoms with Crippen LogP contribution in [0.15, 0.2) is 24.1 Å². The van der Waals surface area contributed by atoms with Crippen molar-refractivity contribution in [1.82, 2.24) is 0 Å². The summed E-state index contributed by atoms with van der Waals surface area (Å²) in [5, 5.41) is 0. The molecule has 1 nitrogen and oxygen atoms in total. The normalized spacial score (nSPS) is 25.4. The Morgan fingerprint density at radius 3 is 2.20 bits per heavy atom. The summed E-state index contributed by atoms with van der Waals surface area (Å²) in [4.78, 5) is 0. The molecule has 1 rings (SSSR count). The summed E-state index contributed by atoms with van der Waals surface area (Å²) in [6.45, 7) is 17.6. The first kappa shape index (κ1) is 17.5. The fourth-order valence-electron chi connectivity index (χ4n) is 3.04. The van der Waals surface area contributed by atoms with Crippen molar-refractivity contribution in [2.75, 3.05) is 0 Å². The Balaban J connectivity index is 2.40. The highest BCUT2D eigenvalue weighted by molar-refractivity contribution is 6.76. The van der Waals surface area contributed by atoms with Gasteiger partial charge in [-0.05, 0) is 74.9 Å². The standard InChI is InChI=1S/C18H34OSi/c1-8-20(6,7)19-14-15(2)13-16-9-11-17(12-10-16)18(3,4)5/h8,14,16-17H,1,9-13H2,2-7H3/b15-14+. The molecule has 20 heavy (non-hydrogen) atoms. The first-order valence-electron chi connectivity index (χ1n) is 8.11. The van der Waals surface area contributed by atoms with Crippen molar-refractivity contribution in [2.24, 2.45) is 17.3 Å². The average Bonchev–Trinajstić information content (AvgIpc) is 2.36. The van der Waals surface area contributed by atoms with Crippen LogP contribution in [0.25, 0.3) is 0 Å². The molecule has 0 heterocycles. The Morgan fingerprint density at radius 1 is 1.20 bits per heavy atom. The molecule has 0 aromatic heterocycles. The molecule has 1 saturated carbocycles. The molecule has 0 saturated heterocycles. The summed E-state index contributed by atoms with van der Waals surface area (Å²) in [5.41, 5.74) is 3.87. The molecule has 0 atom stereocenters. The van der Waals surface area contributed by atoms with E-state index in [2.05, 4.69) is 47.4 Å². The second-order valence-electron chi connectivity index (χ2n) is 8.18. The maximum Gasteiger partial charge on any atom is 0.268 e. The van der Waals surface area contributed by atoms with Crippen molar-refractivity contribution in [1.29, 1.82) is 0 Å². The topological polar surface area (TPSA) is 9.23 Å². The van der Waals surface area contributed by atoms with Gasteiger partial charge in [0.05, 0.1) is 6.26 Å². The van der Waals surface area contributed by atoms with Crippen molar-refractivity contribution in [3.05, 3.63) is 24.1 Å². The smallest absolute Gasteiger partial charge is 0.268 e. The Hall–Kier alpha value is -0.503. The van der Waals surface area contributed by atoms with Crippen LogP contribution in [0.1, 0.15) is 59.8 Å². The minimum atomic E-state index is -1.65. The first-order chi connectivity index (χ1) is 9.14. The van der Waals surface area contributed by atoms with Gasteiger partial charge in [0.15, 0.2) is 0 Å². The van der Waals surface area contributed by atoms with Crippen LogP contribution in [-0.4, -0.2) is 8.32 Å². The van der Waals surface area contributed by atoms with Gasteiger partial charge >= 0.3 is 0 Å². The van der Waals surface area contributed by atoms with Crippen molar-refractivity contribution in [3.63, 3.8) is 0 Å². The van der Waals surface area contributed by atoms with Gasteiger partial charge < -0.3 is 4.43 Å². The van der Waals surface area contributed by atoms with Crippen LogP contribution in [0.2, 0.25) is 13.1 Å². The SMILES string of the molecule is C=C[Si](C)(C)O/C=C(\C)CC1CCC(C(C)(C)C)CC1. The van der Waals surface area contributed by atoms with E-state index in [0.29, 0.717) is 5.41 Å². The van der Waals surface area contributed by atoms with Gasteiger partial charge in [-0.2, -0.15) is 0 Å². The Labute approximate surface area is 127 Å². The van der Waals surface area contributed by atoms with E-state index in [-0.39, 0.29) is 0 Å². The van der Waals surface area contributed by atoms with Crippen molar-refractivity contribution in [2.45, 2.75) is 72.9 Å². The van der Waals surface area contributed by atoms with Crippen molar-refractivity contribution in [3.8, 4) is 0 Å². The molecule has 0 N–H and O–H groups in total. The number of rotatable bonds is 5. The lowest BCUT2D eigenvalue weighted by Gasteiger charge is -2.37. The Kier molecular flexibility index (Phi) is 6.12. The highest BCUT2D eigenvalue weighted by Crippen LogP contribution is 2.41. The van der Waals surface area contributed by atoms with Gasteiger partial charge in [0, 0.05) is 0 Å². The molecule has 2 heteroatoms. The summed E-state index contributed by atoms with van der Waals surface area (Å²) in [6.07, 6.45) is 8.78. The third-order valence-electron chi connectivity index (χ3n) is 4.74. The molecule has 0 amide bonds. The van der Waals surface area contributed by atoms with Crippen LogP contribution in [0.5, 0.6) is 0 Å². The number of allylic oxidation sites excluding steroid dienone is 1. The van der Waals surface area contributed by atoms with E-state index < -0.39 is 8.32 Å². The van der Waals surface area contributed by atoms with Crippen LogP contribution < -0.4 is 0 Å². The van der Waals surface area contributed by atoms with Crippen LogP contribution in [-0.2, 0) is 4.43 Å². The van der Waals surface area contributed by atoms with E-state index in [0.717, 1.165) is 11.8 Å². The monoisotopic (exact) mass is 294 g/mol. The van der Waals surface area contributed by atoms with Crippen molar-refractivity contribution >= 4 is 8.32 Å². The van der Waals surface area contributed by atoms with E-state index in [1.54, 1.807) is 0 Å². The largest absolute Gasteiger partial charge is 0.546 e. The van der Waals surface area contributed by atoms with E-state index in [1.807, 2.05) is 12.0 Å². The maximum atomic E-state index is 5.92. The second kappa shape index (κ2) is 6.97. The number of hydrogen-bond donors (Lipinski definition) is 0. The number of hydrogen-bond acceptors (Lipinski definition) is 1. The Bertz CT molecular complexity index is 341. The highest BCUT2D eigenvalue weighted by Gasteiger charge is 2.29. The van der Waals surface area contributed by atoms with Gasteiger partial charge in [-0.3, -0.25) is 0 Å². The van der Waals surface area contributed by atoms with Gasteiger partial charge in [0.2, 0.25) is 0 Å². The second-order valence-corrected chi connectivity index (χ2v) is 12.0. The van der Waals surface area contributed by atoms with Gasteiger partial charge in [-0.1, -0.05) is 26.5 Å². The lowest BCUT2D eigenvalue weighted by atomic mass is 9.69. The van der Waals surface area contributed by atoms with Crippen LogP contribution in [0.3, 0.4) is 0 Å². The minimum Gasteiger partial charge on any atom is -0.546 e. The molecule has 1 aliphatic carbocycles. The van der Waals surface area contributed by atoms with Crippen LogP contribution in [0.4, 0.5) is 0 Å². The molecule has 0 bridgehead atoms. The molecule has 0 aromatic rings. The summed E-state index contributed by atoms with van der Waals surface area (Å²) in [5.74, 6) is 1.77. The maximum absolute atomic E-state index is 5.92.